The average molecular weight is 233 g/mol. The van der Waals surface area contributed by atoms with E-state index in [0.717, 1.165) is 26.3 Å². The summed E-state index contributed by atoms with van der Waals surface area (Å²) in [6, 6.07) is 6.81. The number of hydrogen-bond donors (Lipinski definition) is 1. The topological polar surface area (TPSA) is 21.3 Å². The van der Waals surface area contributed by atoms with Gasteiger partial charge < -0.3 is 10.1 Å². The second-order valence-corrected chi connectivity index (χ2v) is 4.76. The van der Waals surface area contributed by atoms with Gasteiger partial charge in [0.2, 0.25) is 0 Å². The van der Waals surface area contributed by atoms with E-state index < -0.39 is 0 Å². The van der Waals surface area contributed by atoms with Crippen LogP contribution < -0.4 is 5.32 Å². The van der Waals surface area contributed by atoms with Crippen molar-refractivity contribution in [3.05, 3.63) is 34.9 Å². The van der Waals surface area contributed by atoms with Crippen molar-refractivity contribution in [1.82, 2.24) is 5.32 Å². The van der Waals surface area contributed by atoms with Crippen molar-refractivity contribution in [3.8, 4) is 0 Å². The van der Waals surface area contributed by atoms with Gasteiger partial charge in [-0.05, 0) is 48.9 Å². The quantitative estimate of drug-likeness (QED) is 0.731. The molecule has 2 heteroatoms. The predicted molar refractivity (Wildman–Crippen MR) is 71.3 cm³/mol. The lowest BCUT2D eigenvalue weighted by Gasteiger charge is -2.07. The van der Waals surface area contributed by atoms with Gasteiger partial charge in [-0.15, -0.1) is 0 Å². The first-order valence-corrected chi connectivity index (χ1v) is 6.79. The Balaban J connectivity index is 1.69. The van der Waals surface area contributed by atoms with Crippen molar-refractivity contribution >= 4 is 0 Å². The highest BCUT2D eigenvalue weighted by Gasteiger charge is 2.10. The smallest absolute Gasteiger partial charge is 0.0717 e. The van der Waals surface area contributed by atoms with Gasteiger partial charge in [0.05, 0.1) is 13.2 Å². The Morgan fingerprint density at radius 1 is 1.18 bits per heavy atom. The zero-order chi connectivity index (χ0) is 11.9. The molecule has 94 valence electrons. The molecule has 1 aliphatic carbocycles. The molecule has 0 aromatic heterocycles. The summed E-state index contributed by atoms with van der Waals surface area (Å²) >= 11 is 0. The van der Waals surface area contributed by atoms with Gasteiger partial charge >= 0.3 is 0 Å². The van der Waals surface area contributed by atoms with Crippen LogP contribution in [0.4, 0.5) is 0 Å². The molecule has 0 fully saturated rings. The molecule has 1 aromatic rings. The maximum Gasteiger partial charge on any atom is 0.0717 e. The highest BCUT2D eigenvalue weighted by molar-refractivity contribution is 5.34. The molecular weight excluding hydrogens is 210 g/mol. The van der Waals surface area contributed by atoms with Crippen molar-refractivity contribution in [3.63, 3.8) is 0 Å². The fraction of sp³-hybridized carbons (Fsp3) is 0.600. The number of benzene rings is 1. The Labute approximate surface area is 104 Å². The van der Waals surface area contributed by atoms with Gasteiger partial charge in [0.15, 0.2) is 0 Å². The fourth-order valence-corrected chi connectivity index (χ4v) is 2.35. The minimum Gasteiger partial charge on any atom is -0.375 e. The first-order chi connectivity index (χ1) is 8.40. The number of ether oxygens (including phenoxy) is 1. The number of nitrogens with one attached hydrogen (secondary N) is 1. The van der Waals surface area contributed by atoms with Gasteiger partial charge in [-0.1, -0.05) is 25.1 Å². The SMILES string of the molecule is CCCNCCOCc1ccc2c(c1)CCC2. The molecule has 0 saturated carbocycles. The van der Waals surface area contributed by atoms with Gasteiger partial charge in [-0.3, -0.25) is 0 Å². The average Bonchev–Trinajstić information content (AvgIpc) is 2.81. The molecule has 0 unspecified atom stereocenters. The zero-order valence-corrected chi connectivity index (χ0v) is 10.8. The van der Waals surface area contributed by atoms with Crippen LogP contribution >= 0.6 is 0 Å². The first kappa shape index (κ1) is 12.6. The van der Waals surface area contributed by atoms with Crippen molar-refractivity contribution in [2.45, 2.75) is 39.2 Å². The van der Waals surface area contributed by atoms with Crippen LogP contribution in [-0.2, 0) is 24.2 Å². The van der Waals surface area contributed by atoms with E-state index in [1.54, 1.807) is 5.56 Å². The van der Waals surface area contributed by atoms with Crippen LogP contribution in [0.3, 0.4) is 0 Å². The van der Waals surface area contributed by atoms with E-state index in [9.17, 15) is 0 Å². The fourth-order valence-electron chi connectivity index (χ4n) is 2.35. The molecule has 1 aliphatic rings. The molecule has 17 heavy (non-hydrogen) atoms. The number of fused-ring (bicyclic) bond motifs is 1. The van der Waals surface area contributed by atoms with E-state index in [1.165, 1.54) is 36.8 Å². The number of aryl methyl sites for hydroxylation is 2. The van der Waals surface area contributed by atoms with Gasteiger partial charge in [0.25, 0.3) is 0 Å². The molecule has 0 radical (unpaired) electrons. The minimum absolute atomic E-state index is 0.751. The van der Waals surface area contributed by atoms with Crippen molar-refractivity contribution < 1.29 is 4.74 Å². The molecule has 0 saturated heterocycles. The standard InChI is InChI=1S/C15H23NO/c1-2-8-16-9-10-17-12-13-6-7-14-4-3-5-15(14)11-13/h6-7,11,16H,2-5,8-10,12H2,1H3. The van der Waals surface area contributed by atoms with Gasteiger partial charge in [-0.2, -0.15) is 0 Å². The Hall–Kier alpha value is -0.860. The molecular formula is C15H23NO. The molecule has 2 nitrogen and oxygen atoms in total. The molecule has 1 aromatic carbocycles. The maximum absolute atomic E-state index is 5.66. The molecule has 0 aliphatic heterocycles. The van der Waals surface area contributed by atoms with E-state index >= 15 is 0 Å². The monoisotopic (exact) mass is 233 g/mol. The third-order valence-electron chi connectivity index (χ3n) is 3.28. The van der Waals surface area contributed by atoms with Gasteiger partial charge in [0, 0.05) is 6.54 Å². The van der Waals surface area contributed by atoms with Crippen molar-refractivity contribution in [1.29, 1.82) is 0 Å². The van der Waals surface area contributed by atoms with Crippen LogP contribution in [0.1, 0.15) is 36.5 Å². The Morgan fingerprint density at radius 3 is 2.94 bits per heavy atom. The van der Waals surface area contributed by atoms with E-state index in [0.29, 0.717) is 0 Å². The lowest BCUT2D eigenvalue weighted by molar-refractivity contribution is 0.123. The number of hydrogen-bond acceptors (Lipinski definition) is 2. The maximum atomic E-state index is 5.66. The first-order valence-electron chi connectivity index (χ1n) is 6.79. The van der Waals surface area contributed by atoms with Crippen molar-refractivity contribution in [2.24, 2.45) is 0 Å². The molecule has 2 rings (SSSR count). The molecule has 0 amide bonds. The molecule has 0 bridgehead atoms. The molecule has 0 atom stereocenters. The van der Waals surface area contributed by atoms with E-state index in [1.807, 2.05) is 0 Å². The summed E-state index contributed by atoms with van der Waals surface area (Å²) in [6.45, 7) is 5.78. The predicted octanol–water partition coefficient (Wildman–Crippen LogP) is 2.69. The number of rotatable bonds is 7. The Bertz CT molecular complexity index is 349. The lowest BCUT2D eigenvalue weighted by atomic mass is 10.1. The van der Waals surface area contributed by atoms with E-state index in [-0.39, 0.29) is 0 Å². The molecule has 0 heterocycles. The minimum atomic E-state index is 0.751. The highest BCUT2D eigenvalue weighted by Crippen LogP contribution is 2.22. The van der Waals surface area contributed by atoms with Gasteiger partial charge in [-0.25, -0.2) is 0 Å². The molecule has 0 spiro atoms. The normalized spacial score (nSPS) is 13.9. The van der Waals surface area contributed by atoms with Crippen LogP contribution in [-0.4, -0.2) is 19.7 Å². The van der Waals surface area contributed by atoms with Gasteiger partial charge in [0.1, 0.15) is 0 Å². The largest absolute Gasteiger partial charge is 0.375 e. The third-order valence-corrected chi connectivity index (χ3v) is 3.28. The summed E-state index contributed by atoms with van der Waals surface area (Å²) in [5, 5.41) is 3.34. The summed E-state index contributed by atoms with van der Waals surface area (Å²) < 4.78 is 5.66. The summed E-state index contributed by atoms with van der Waals surface area (Å²) in [5.74, 6) is 0. The second kappa shape index (κ2) is 6.77. The summed E-state index contributed by atoms with van der Waals surface area (Å²) in [4.78, 5) is 0. The zero-order valence-electron chi connectivity index (χ0n) is 10.8. The summed E-state index contributed by atoms with van der Waals surface area (Å²) in [5.41, 5.74) is 4.40. The summed E-state index contributed by atoms with van der Waals surface area (Å²) in [7, 11) is 0. The van der Waals surface area contributed by atoms with Crippen LogP contribution in [0.25, 0.3) is 0 Å². The highest BCUT2D eigenvalue weighted by atomic mass is 16.5. The van der Waals surface area contributed by atoms with Crippen LogP contribution in [0.15, 0.2) is 18.2 Å². The Kier molecular flexibility index (Phi) is 5.02. The Morgan fingerprint density at radius 2 is 2.06 bits per heavy atom. The van der Waals surface area contributed by atoms with Crippen LogP contribution in [0.2, 0.25) is 0 Å². The third kappa shape index (κ3) is 3.83. The second-order valence-electron chi connectivity index (χ2n) is 4.76. The van der Waals surface area contributed by atoms with E-state index in [4.69, 9.17) is 4.74 Å². The van der Waals surface area contributed by atoms with Crippen LogP contribution in [0, 0.1) is 0 Å². The lowest BCUT2D eigenvalue weighted by Crippen LogP contribution is -2.20. The van der Waals surface area contributed by atoms with E-state index in [2.05, 4.69) is 30.4 Å². The van der Waals surface area contributed by atoms with Crippen molar-refractivity contribution in [2.75, 3.05) is 19.7 Å². The molecule has 1 N–H and O–H groups in total. The van der Waals surface area contributed by atoms with Crippen LogP contribution in [0.5, 0.6) is 0 Å². The summed E-state index contributed by atoms with van der Waals surface area (Å²) in [6.07, 6.45) is 5.02.